The second-order valence-electron chi connectivity index (χ2n) is 4.40. The van der Waals surface area contributed by atoms with Gasteiger partial charge in [-0.2, -0.15) is 0 Å². The van der Waals surface area contributed by atoms with Gasteiger partial charge in [0.05, 0.1) is 11.1 Å². The number of hydrogen-bond donors (Lipinski definition) is 0. The van der Waals surface area contributed by atoms with Crippen molar-refractivity contribution in [2.75, 3.05) is 0 Å². The summed E-state index contributed by atoms with van der Waals surface area (Å²) in [6.07, 6.45) is 7.31. The maximum Gasteiger partial charge on any atom is 0.0675 e. The third-order valence-electron chi connectivity index (χ3n) is 2.45. The Morgan fingerprint density at radius 2 is 2.07 bits per heavy atom. The Kier molecular flexibility index (Phi) is 2.96. The summed E-state index contributed by atoms with van der Waals surface area (Å²) in [5, 5.41) is 0. The van der Waals surface area contributed by atoms with E-state index in [1.54, 1.807) is 0 Å². The highest BCUT2D eigenvalue weighted by Gasteiger charge is 2.19. The minimum Gasteiger partial charge on any atom is -0.260 e. The Bertz CT molecular complexity index is 356. The van der Waals surface area contributed by atoms with Gasteiger partial charge < -0.3 is 0 Å². The van der Waals surface area contributed by atoms with E-state index in [-0.39, 0.29) is 5.41 Å². The molecule has 0 saturated heterocycles. The minimum absolute atomic E-state index is 0.273. The molecule has 1 aromatic heterocycles. The van der Waals surface area contributed by atoms with E-state index in [0.29, 0.717) is 5.92 Å². The predicted octanol–water partition coefficient (Wildman–Crippen LogP) is 3.12. The lowest BCUT2D eigenvalue weighted by atomic mass is 9.88. The molecule has 0 amide bonds. The fourth-order valence-electron chi connectivity index (χ4n) is 1.22. The summed E-state index contributed by atoms with van der Waals surface area (Å²) in [5.74, 6) is 3.28. The van der Waals surface area contributed by atoms with Gasteiger partial charge in [0.15, 0.2) is 0 Å². The number of aromatic nitrogens is 1. The molecule has 0 aliphatic heterocycles. The minimum atomic E-state index is -0.273. The van der Waals surface area contributed by atoms with Gasteiger partial charge in [-0.1, -0.05) is 19.8 Å². The van der Waals surface area contributed by atoms with Crippen LogP contribution in [-0.4, -0.2) is 4.98 Å². The highest BCUT2D eigenvalue weighted by Crippen LogP contribution is 2.23. The average Bonchev–Trinajstić information content (AvgIpc) is 2.18. The van der Waals surface area contributed by atoms with Crippen molar-refractivity contribution in [1.29, 1.82) is 0 Å². The summed E-state index contributed by atoms with van der Waals surface area (Å²) >= 11 is 0. The summed E-state index contributed by atoms with van der Waals surface area (Å²) in [6.45, 7) is 8.36. The molecule has 1 rings (SSSR count). The molecular weight excluding hydrogens is 170 g/mol. The number of pyridine rings is 1. The van der Waals surface area contributed by atoms with Crippen molar-refractivity contribution in [3.63, 3.8) is 0 Å². The Labute approximate surface area is 86.6 Å². The van der Waals surface area contributed by atoms with Gasteiger partial charge in [-0.25, -0.2) is 0 Å². The second kappa shape index (κ2) is 3.84. The van der Waals surface area contributed by atoms with E-state index in [1.165, 1.54) is 5.56 Å². The molecule has 1 nitrogen and oxygen atoms in total. The maximum atomic E-state index is 5.47. The molecule has 0 saturated carbocycles. The lowest BCUT2D eigenvalue weighted by Gasteiger charge is -2.18. The highest BCUT2D eigenvalue weighted by molar-refractivity contribution is 5.30. The predicted molar refractivity (Wildman–Crippen MR) is 60.2 cm³/mol. The standard InChI is InChI=1S/C13H17N/c1-6-13(4,5)12-9-11(10(2)3)7-8-14-12/h1,7-10H,2-5H3. The largest absolute Gasteiger partial charge is 0.260 e. The van der Waals surface area contributed by atoms with Crippen molar-refractivity contribution in [3.05, 3.63) is 29.6 Å². The molecule has 74 valence electrons. The lowest BCUT2D eigenvalue weighted by molar-refractivity contribution is 0.666. The van der Waals surface area contributed by atoms with Gasteiger partial charge in [0.2, 0.25) is 0 Å². The third-order valence-corrected chi connectivity index (χ3v) is 2.45. The second-order valence-corrected chi connectivity index (χ2v) is 4.40. The normalized spacial score (nSPS) is 11.4. The Morgan fingerprint density at radius 3 is 2.57 bits per heavy atom. The van der Waals surface area contributed by atoms with Crippen LogP contribution in [0.15, 0.2) is 18.3 Å². The molecule has 0 radical (unpaired) electrons. The zero-order valence-corrected chi connectivity index (χ0v) is 9.33. The zero-order valence-electron chi connectivity index (χ0n) is 9.33. The molecule has 0 N–H and O–H groups in total. The van der Waals surface area contributed by atoms with Crippen LogP contribution in [0.1, 0.15) is 44.9 Å². The van der Waals surface area contributed by atoms with Crippen molar-refractivity contribution < 1.29 is 0 Å². The van der Waals surface area contributed by atoms with E-state index < -0.39 is 0 Å². The molecule has 0 aliphatic rings. The maximum absolute atomic E-state index is 5.47. The van der Waals surface area contributed by atoms with Gasteiger partial charge in [-0.05, 0) is 37.5 Å². The molecule has 0 bridgehead atoms. The van der Waals surface area contributed by atoms with E-state index in [4.69, 9.17) is 6.42 Å². The van der Waals surface area contributed by atoms with E-state index in [9.17, 15) is 0 Å². The average molecular weight is 187 g/mol. The van der Waals surface area contributed by atoms with Crippen molar-refractivity contribution >= 4 is 0 Å². The van der Waals surface area contributed by atoms with Crippen LogP contribution in [0.3, 0.4) is 0 Å². The monoisotopic (exact) mass is 187 g/mol. The van der Waals surface area contributed by atoms with Crippen LogP contribution in [-0.2, 0) is 5.41 Å². The van der Waals surface area contributed by atoms with Crippen molar-refractivity contribution in [2.24, 2.45) is 0 Å². The Balaban J connectivity index is 3.14. The molecule has 0 fully saturated rings. The molecule has 0 aromatic carbocycles. The molecule has 0 aliphatic carbocycles. The molecule has 14 heavy (non-hydrogen) atoms. The van der Waals surface area contributed by atoms with Crippen molar-refractivity contribution in [2.45, 2.75) is 39.0 Å². The Morgan fingerprint density at radius 1 is 1.43 bits per heavy atom. The first-order valence-corrected chi connectivity index (χ1v) is 4.91. The fraction of sp³-hybridized carbons (Fsp3) is 0.462. The van der Waals surface area contributed by atoms with Crippen LogP contribution in [0.4, 0.5) is 0 Å². The van der Waals surface area contributed by atoms with Gasteiger partial charge in [0.1, 0.15) is 0 Å². The zero-order chi connectivity index (χ0) is 10.8. The van der Waals surface area contributed by atoms with Crippen LogP contribution in [0.2, 0.25) is 0 Å². The first kappa shape index (κ1) is 10.8. The number of terminal acetylenes is 1. The smallest absolute Gasteiger partial charge is 0.0675 e. The van der Waals surface area contributed by atoms with Gasteiger partial charge in [-0.3, -0.25) is 4.98 Å². The van der Waals surface area contributed by atoms with Gasteiger partial charge in [-0.15, -0.1) is 6.42 Å². The SMILES string of the molecule is C#CC(C)(C)c1cc(C(C)C)ccn1. The molecule has 0 spiro atoms. The topological polar surface area (TPSA) is 12.9 Å². The summed E-state index contributed by atoms with van der Waals surface area (Å²) in [5.41, 5.74) is 2.00. The third kappa shape index (κ3) is 2.14. The van der Waals surface area contributed by atoms with Crippen LogP contribution in [0.25, 0.3) is 0 Å². The number of hydrogen-bond acceptors (Lipinski definition) is 1. The molecular formula is C13H17N. The summed E-state index contributed by atoms with van der Waals surface area (Å²) in [7, 11) is 0. The first-order chi connectivity index (χ1) is 6.47. The number of nitrogens with zero attached hydrogens (tertiary/aromatic N) is 1. The molecule has 0 atom stereocenters. The van der Waals surface area contributed by atoms with Gasteiger partial charge in [0, 0.05) is 6.20 Å². The van der Waals surface area contributed by atoms with Crippen molar-refractivity contribution in [1.82, 2.24) is 4.98 Å². The first-order valence-electron chi connectivity index (χ1n) is 4.91. The van der Waals surface area contributed by atoms with Crippen LogP contribution >= 0.6 is 0 Å². The van der Waals surface area contributed by atoms with E-state index >= 15 is 0 Å². The summed E-state index contributed by atoms with van der Waals surface area (Å²) in [4.78, 5) is 4.32. The fourth-order valence-corrected chi connectivity index (χ4v) is 1.22. The molecule has 0 unspecified atom stereocenters. The van der Waals surface area contributed by atoms with Gasteiger partial charge in [0.25, 0.3) is 0 Å². The lowest BCUT2D eigenvalue weighted by Crippen LogP contribution is -2.16. The van der Waals surface area contributed by atoms with E-state index in [0.717, 1.165) is 5.69 Å². The Hall–Kier alpha value is -1.29. The highest BCUT2D eigenvalue weighted by atomic mass is 14.7. The molecule has 1 heteroatoms. The molecule has 1 heterocycles. The number of rotatable bonds is 2. The van der Waals surface area contributed by atoms with E-state index in [1.807, 2.05) is 26.1 Å². The summed E-state index contributed by atoms with van der Waals surface area (Å²) in [6, 6.07) is 4.14. The van der Waals surface area contributed by atoms with Gasteiger partial charge >= 0.3 is 0 Å². The van der Waals surface area contributed by atoms with Crippen LogP contribution in [0, 0.1) is 12.3 Å². The van der Waals surface area contributed by atoms with Crippen LogP contribution in [0.5, 0.6) is 0 Å². The van der Waals surface area contributed by atoms with Crippen molar-refractivity contribution in [3.8, 4) is 12.3 Å². The molecule has 1 aromatic rings. The quantitative estimate of drug-likeness (QED) is 0.648. The summed E-state index contributed by atoms with van der Waals surface area (Å²) < 4.78 is 0. The van der Waals surface area contributed by atoms with Crippen LogP contribution < -0.4 is 0 Å². The van der Waals surface area contributed by atoms with E-state index in [2.05, 4.69) is 30.8 Å².